The van der Waals surface area contributed by atoms with Crippen molar-refractivity contribution in [1.82, 2.24) is 10.2 Å². The van der Waals surface area contributed by atoms with E-state index in [0.717, 1.165) is 13.0 Å². The van der Waals surface area contributed by atoms with Gasteiger partial charge in [0.1, 0.15) is 5.39 Å². The number of hydrogen-bond acceptors (Lipinski definition) is 4. The van der Waals surface area contributed by atoms with E-state index >= 15 is 0 Å². The molecule has 2 N–H and O–H groups in total. The lowest BCUT2D eigenvalue weighted by Gasteiger charge is -2.00. The fourth-order valence-corrected chi connectivity index (χ4v) is 1.58. The second-order valence-electron chi connectivity index (χ2n) is 3.46. The summed E-state index contributed by atoms with van der Waals surface area (Å²) in [5.41, 5.74) is 0.748. The summed E-state index contributed by atoms with van der Waals surface area (Å²) in [7, 11) is 0. The number of aromatic nitrogens is 2. The van der Waals surface area contributed by atoms with Crippen molar-refractivity contribution in [3.63, 3.8) is 0 Å². The first-order valence-electron chi connectivity index (χ1n) is 5.09. The summed E-state index contributed by atoms with van der Waals surface area (Å²) in [4.78, 5) is 10.5. The number of nitro groups is 1. The molecule has 0 aliphatic heterocycles. The monoisotopic (exact) mass is 220 g/mol. The van der Waals surface area contributed by atoms with Crippen LogP contribution in [0, 0.1) is 10.1 Å². The maximum atomic E-state index is 10.9. The van der Waals surface area contributed by atoms with Crippen molar-refractivity contribution in [3.05, 3.63) is 28.3 Å². The summed E-state index contributed by atoms with van der Waals surface area (Å²) in [6.45, 7) is 2.77. The van der Waals surface area contributed by atoms with E-state index in [1.165, 1.54) is 6.07 Å². The van der Waals surface area contributed by atoms with Gasteiger partial charge in [0.05, 0.1) is 10.4 Å². The lowest BCUT2D eigenvalue weighted by atomic mass is 10.2. The van der Waals surface area contributed by atoms with Gasteiger partial charge >= 0.3 is 0 Å². The van der Waals surface area contributed by atoms with Crippen LogP contribution in [0.4, 0.5) is 11.5 Å². The molecule has 1 aromatic carbocycles. The van der Waals surface area contributed by atoms with Crippen LogP contribution in [0.2, 0.25) is 0 Å². The molecule has 16 heavy (non-hydrogen) atoms. The zero-order valence-electron chi connectivity index (χ0n) is 8.86. The largest absolute Gasteiger partial charge is 0.368 e. The lowest BCUT2D eigenvalue weighted by molar-refractivity contribution is -0.383. The summed E-state index contributed by atoms with van der Waals surface area (Å²) in [6.07, 6.45) is 0.939. The number of nitro benzene ring substituents is 1. The van der Waals surface area contributed by atoms with Crippen molar-refractivity contribution in [2.24, 2.45) is 0 Å². The Kier molecular flexibility index (Phi) is 2.72. The average Bonchev–Trinajstić information content (AvgIpc) is 2.69. The van der Waals surface area contributed by atoms with Gasteiger partial charge in [0, 0.05) is 12.6 Å². The van der Waals surface area contributed by atoms with E-state index in [2.05, 4.69) is 15.5 Å². The van der Waals surface area contributed by atoms with Gasteiger partial charge in [-0.2, -0.15) is 5.10 Å². The van der Waals surface area contributed by atoms with Gasteiger partial charge in [-0.25, -0.2) is 0 Å². The number of anilines is 1. The summed E-state index contributed by atoms with van der Waals surface area (Å²) < 4.78 is 0. The van der Waals surface area contributed by atoms with Crippen LogP contribution >= 0.6 is 0 Å². The van der Waals surface area contributed by atoms with Gasteiger partial charge in [0.2, 0.25) is 0 Å². The van der Waals surface area contributed by atoms with Crippen molar-refractivity contribution < 1.29 is 4.92 Å². The molecule has 0 saturated heterocycles. The molecule has 0 unspecified atom stereocenters. The van der Waals surface area contributed by atoms with Gasteiger partial charge in [-0.1, -0.05) is 13.0 Å². The van der Waals surface area contributed by atoms with Crippen LogP contribution in [0.15, 0.2) is 18.2 Å². The Labute approximate surface area is 91.8 Å². The van der Waals surface area contributed by atoms with Crippen LogP contribution < -0.4 is 5.32 Å². The average molecular weight is 220 g/mol. The molecule has 0 spiro atoms. The standard InChI is InChI=1S/C10H12N4O2/c1-2-6-11-10-9-7(12-13-10)4-3-5-8(9)14(15)16/h3-5H,2,6H2,1H3,(H2,11,12,13). The molecule has 6 nitrogen and oxygen atoms in total. The molecule has 2 rings (SSSR count). The topological polar surface area (TPSA) is 83.8 Å². The Morgan fingerprint density at radius 1 is 1.56 bits per heavy atom. The smallest absolute Gasteiger partial charge is 0.282 e. The van der Waals surface area contributed by atoms with Gasteiger partial charge < -0.3 is 5.32 Å². The Morgan fingerprint density at radius 3 is 3.06 bits per heavy atom. The number of nitrogens with zero attached hydrogens (tertiary/aromatic N) is 2. The van der Waals surface area contributed by atoms with Crippen LogP contribution in [-0.2, 0) is 0 Å². The predicted molar refractivity (Wildman–Crippen MR) is 61.5 cm³/mol. The van der Waals surface area contributed by atoms with E-state index in [-0.39, 0.29) is 5.69 Å². The fourth-order valence-electron chi connectivity index (χ4n) is 1.58. The van der Waals surface area contributed by atoms with Gasteiger partial charge in [0.15, 0.2) is 5.82 Å². The molecule has 84 valence electrons. The van der Waals surface area contributed by atoms with Crippen molar-refractivity contribution in [2.45, 2.75) is 13.3 Å². The van der Waals surface area contributed by atoms with E-state index in [9.17, 15) is 10.1 Å². The second-order valence-corrected chi connectivity index (χ2v) is 3.46. The van der Waals surface area contributed by atoms with E-state index in [1.54, 1.807) is 12.1 Å². The third-order valence-electron chi connectivity index (χ3n) is 2.31. The molecule has 0 saturated carbocycles. The van der Waals surface area contributed by atoms with Gasteiger partial charge in [-0.15, -0.1) is 0 Å². The summed E-state index contributed by atoms with van der Waals surface area (Å²) in [5.74, 6) is 0.546. The highest BCUT2D eigenvalue weighted by atomic mass is 16.6. The van der Waals surface area contributed by atoms with E-state index in [0.29, 0.717) is 16.7 Å². The summed E-state index contributed by atoms with van der Waals surface area (Å²) >= 11 is 0. The highest BCUT2D eigenvalue weighted by molar-refractivity contribution is 5.97. The maximum Gasteiger partial charge on any atom is 0.282 e. The van der Waals surface area contributed by atoms with Crippen molar-refractivity contribution in [2.75, 3.05) is 11.9 Å². The number of hydrogen-bond donors (Lipinski definition) is 2. The third kappa shape index (κ3) is 1.69. The molecular formula is C10H12N4O2. The van der Waals surface area contributed by atoms with Crippen molar-refractivity contribution >= 4 is 22.4 Å². The molecule has 0 atom stereocenters. The van der Waals surface area contributed by atoms with Gasteiger partial charge in [-0.05, 0) is 12.5 Å². The Morgan fingerprint density at radius 2 is 2.38 bits per heavy atom. The first-order valence-corrected chi connectivity index (χ1v) is 5.09. The normalized spacial score (nSPS) is 10.6. The van der Waals surface area contributed by atoms with Crippen LogP contribution in [0.5, 0.6) is 0 Å². The zero-order valence-corrected chi connectivity index (χ0v) is 8.86. The van der Waals surface area contributed by atoms with E-state index in [1.807, 2.05) is 6.92 Å². The molecule has 0 aliphatic rings. The van der Waals surface area contributed by atoms with Crippen LogP contribution in [0.3, 0.4) is 0 Å². The molecule has 2 aromatic rings. The number of non-ortho nitro benzene ring substituents is 1. The highest BCUT2D eigenvalue weighted by Crippen LogP contribution is 2.29. The van der Waals surface area contributed by atoms with E-state index < -0.39 is 4.92 Å². The van der Waals surface area contributed by atoms with E-state index in [4.69, 9.17) is 0 Å². The lowest BCUT2D eigenvalue weighted by Crippen LogP contribution is -2.01. The molecule has 0 amide bonds. The number of nitrogens with one attached hydrogen (secondary N) is 2. The SMILES string of the molecule is CCCNc1n[nH]c2cccc([N+](=O)[O-])c12. The third-order valence-corrected chi connectivity index (χ3v) is 2.31. The number of aromatic amines is 1. The van der Waals surface area contributed by atoms with Crippen molar-refractivity contribution in [1.29, 1.82) is 0 Å². The maximum absolute atomic E-state index is 10.9. The molecule has 6 heteroatoms. The van der Waals surface area contributed by atoms with Crippen LogP contribution in [-0.4, -0.2) is 21.7 Å². The Balaban J connectivity index is 2.54. The first-order chi connectivity index (χ1) is 7.74. The highest BCUT2D eigenvalue weighted by Gasteiger charge is 2.17. The molecule has 0 radical (unpaired) electrons. The minimum atomic E-state index is -0.394. The molecule has 0 fully saturated rings. The minimum absolute atomic E-state index is 0.0739. The molecule has 1 heterocycles. The fraction of sp³-hybridized carbons (Fsp3) is 0.300. The number of H-pyrrole nitrogens is 1. The Hall–Kier alpha value is -2.11. The molecule has 0 aliphatic carbocycles. The second kappa shape index (κ2) is 4.18. The molecule has 1 aromatic heterocycles. The summed E-state index contributed by atoms with van der Waals surface area (Å²) in [6, 6.07) is 4.89. The summed E-state index contributed by atoms with van der Waals surface area (Å²) in [5, 5.41) is 21.3. The van der Waals surface area contributed by atoms with Crippen LogP contribution in [0.1, 0.15) is 13.3 Å². The Bertz CT molecular complexity index is 521. The first kappa shape index (κ1) is 10.4. The van der Waals surface area contributed by atoms with Gasteiger partial charge in [-0.3, -0.25) is 15.2 Å². The van der Waals surface area contributed by atoms with Crippen LogP contribution in [0.25, 0.3) is 10.9 Å². The van der Waals surface area contributed by atoms with Gasteiger partial charge in [0.25, 0.3) is 5.69 Å². The van der Waals surface area contributed by atoms with Crippen molar-refractivity contribution in [3.8, 4) is 0 Å². The number of rotatable bonds is 4. The number of fused-ring (bicyclic) bond motifs is 1. The zero-order chi connectivity index (χ0) is 11.5. The number of benzene rings is 1. The minimum Gasteiger partial charge on any atom is -0.368 e. The molecular weight excluding hydrogens is 208 g/mol. The molecule has 0 bridgehead atoms. The predicted octanol–water partition coefficient (Wildman–Crippen LogP) is 2.29. The quantitative estimate of drug-likeness (QED) is 0.611.